The molecule has 0 saturated carbocycles. The molecule has 24 heavy (non-hydrogen) atoms. The predicted molar refractivity (Wildman–Crippen MR) is 90.7 cm³/mol. The van der Waals surface area contributed by atoms with Crippen molar-refractivity contribution in [2.75, 3.05) is 18.4 Å². The Hall–Kier alpha value is -3.17. The third kappa shape index (κ3) is 4.18. The van der Waals surface area contributed by atoms with E-state index in [-0.39, 0.29) is 23.5 Å². The van der Waals surface area contributed by atoms with Gasteiger partial charge >= 0.3 is 0 Å². The molecular weight excluding hydrogens is 314 g/mol. The van der Waals surface area contributed by atoms with Crippen molar-refractivity contribution in [3.63, 3.8) is 0 Å². The molecule has 2 rings (SSSR count). The first-order valence-corrected chi connectivity index (χ1v) is 7.33. The fourth-order valence-corrected chi connectivity index (χ4v) is 2.37. The second-order valence-corrected chi connectivity index (χ2v) is 5.36. The topological polar surface area (TPSA) is 161 Å². The van der Waals surface area contributed by atoms with E-state index in [1.807, 2.05) is 6.92 Å². The molecule has 1 amide bonds. The smallest absolute Gasteiger partial charge is 0.292 e. The summed E-state index contributed by atoms with van der Waals surface area (Å²) < 4.78 is 0. The van der Waals surface area contributed by atoms with Gasteiger partial charge in [0.2, 0.25) is 5.91 Å². The van der Waals surface area contributed by atoms with Gasteiger partial charge in [0.25, 0.3) is 5.69 Å². The Bertz CT molecular complexity index is 710. The Balaban J connectivity index is 2.22. The maximum atomic E-state index is 11.3. The molecule has 1 heterocycles. The summed E-state index contributed by atoms with van der Waals surface area (Å²) in [7, 11) is 0. The molecule has 0 aliphatic carbocycles. The summed E-state index contributed by atoms with van der Waals surface area (Å²) in [5.41, 5.74) is 14.4. The van der Waals surface area contributed by atoms with Gasteiger partial charge in [0.05, 0.1) is 17.2 Å². The molecular formula is C14H19N7O3. The van der Waals surface area contributed by atoms with Gasteiger partial charge in [-0.25, -0.2) is 5.43 Å². The molecule has 1 aromatic rings. The molecule has 0 spiro atoms. The lowest BCUT2D eigenvalue weighted by molar-refractivity contribution is -0.384. The highest BCUT2D eigenvalue weighted by atomic mass is 16.6. The van der Waals surface area contributed by atoms with E-state index in [2.05, 4.69) is 20.8 Å². The molecule has 128 valence electrons. The number of rotatable bonds is 6. The van der Waals surface area contributed by atoms with Gasteiger partial charge in [0, 0.05) is 30.5 Å². The Morgan fingerprint density at radius 3 is 2.92 bits per heavy atom. The third-order valence-corrected chi connectivity index (χ3v) is 3.47. The monoisotopic (exact) mass is 333 g/mol. The number of hydrazone groups is 1. The minimum atomic E-state index is -0.473. The molecule has 1 aromatic carbocycles. The summed E-state index contributed by atoms with van der Waals surface area (Å²) in [6.07, 6.45) is 0.297. The summed E-state index contributed by atoms with van der Waals surface area (Å²) in [5, 5.41) is 18.3. The molecule has 10 heteroatoms. The van der Waals surface area contributed by atoms with Crippen LogP contribution in [0.2, 0.25) is 0 Å². The van der Waals surface area contributed by atoms with Crippen molar-refractivity contribution in [1.29, 1.82) is 0 Å². The number of nitrogens with one attached hydrogen (secondary N) is 2. The molecule has 10 nitrogen and oxygen atoms in total. The molecule has 0 aromatic heterocycles. The SMILES string of the molecule is CC1CC(=O)NN=C1c1ccc(NCCN=C(N)N)c([N+](=O)[O-])c1. The number of nitrogens with two attached hydrogens (primary N) is 2. The van der Waals surface area contributed by atoms with Crippen LogP contribution in [0.25, 0.3) is 0 Å². The zero-order valence-corrected chi connectivity index (χ0v) is 13.2. The highest BCUT2D eigenvalue weighted by molar-refractivity contribution is 6.06. The van der Waals surface area contributed by atoms with Crippen LogP contribution in [-0.4, -0.2) is 35.6 Å². The van der Waals surface area contributed by atoms with Crippen molar-refractivity contribution < 1.29 is 9.72 Å². The van der Waals surface area contributed by atoms with Crippen molar-refractivity contribution in [2.24, 2.45) is 27.5 Å². The number of guanidine groups is 1. The van der Waals surface area contributed by atoms with Crippen LogP contribution < -0.4 is 22.2 Å². The number of hydrogen-bond acceptors (Lipinski definition) is 6. The standard InChI is InChI=1S/C14H19N7O3/c1-8-6-12(22)19-20-13(8)9-2-3-10(11(7-9)21(23)24)17-4-5-18-14(15)16/h2-3,7-8,17H,4-6H2,1H3,(H,19,22)(H4,15,16,18). The van der Waals surface area contributed by atoms with E-state index in [1.54, 1.807) is 12.1 Å². The molecule has 1 aliphatic heterocycles. The van der Waals surface area contributed by atoms with Gasteiger partial charge in [-0.15, -0.1) is 0 Å². The van der Waals surface area contributed by atoms with Gasteiger partial charge in [-0.1, -0.05) is 13.0 Å². The minimum absolute atomic E-state index is 0.0343. The Labute approximate surface area is 138 Å². The average Bonchev–Trinajstić information content (AvgIpc) is 2.51. The molecule has 6 N–H and O–H groups in total. The van der Waals surface area contributed by atoms with Crippen molar-refractivity contribution >= 4 is 29.0 Å². The summed E-state index contributed by atoms with van der Waals surface area (Å²) in [5.74, 6) is -0.314. The average molecular weight is 333 g/mol. The number of amides is 1. The Morgan fingerprint density at radius 2 is 2.29 bits per heavy atom. The number of carbonyl (C=O) groups excluding carboxylic acids is 1. The van der Waals surface area contributed by atoms with Crippen LogP contribution in [0.3, 0.4) is 0 Å². The van der Waals surface area contributed by atoms with Gasteiger partial charge < -0.3 is 16.8 Å². The highest BCUT2D eigenvalue weighted by Crippen LogP contribution is 2.27. The van der Waals surface area contributed by atoms with E-state index in [1.165, 1.54) is 6.07 Å². The summed E-state index contributed by atoms with van der Waals surface area (Å²) in [6.45, 7) is 2.51. The van der Waals surface area contributed by atoms with Crippen LogP contribution in [-0.2, 0) is 4.79 Å². The Kier molecular flexibility index (Phi) is 5.30. The number of anilines is 1. The van der Waals surface area contributed by atoms with Crippen LogP contribution in [0, 0.1) is 16.0 Å². The first-order chi connectivity index (χ1) is 11.4. The van der Waals surface area contributed by atoms with E-state index in [0.29, 0.717) is 36.5 Å². The van der Waals surface area contributed by atoms with E-state index in [0.717, 1.165) is 0 Å². The molecule has 1 aliphatic rings. The van der Waals surface area contributed by atoms with E-state index in [4.69, 9.17) is 11.5 Å². The van der Waals surface area contributed by atoms with Gasteiger partial charge in [0.15, 0.2) is 5.96 Å². The van der Waals surface area contributed by atoms with E-state index in [9.17, 15) is 14.9 Å². The largest absolute Gasteiger partial charge is 0.378 e. The number of nitro benzene ring substituents is 1. The second-order valence-electron chi connectivity index (χ2n) is 5.36. The lowest BCUT2D eigenvalue weighted by Gasteiger charge is -2.19. The first-order valence-electron chi connectivity index (χ1n) is 7.33. The number of nitro groups is 1. The zero-order chi connectivity index (χ0) is 17.7. The highest BCUT2D eigenvalue weighted by Gasteiger charge is 2.24. The first kappa shape index (κ1) is 17.2. The zero-order valence-electron chi connectivity index (χ0n) is 13.2. The van der Waals surface area contributed by atoms with E-state index >= 15 is 0 Å². The van der Waals surface area contributed by atoms with Crippen LogP contribution in [0.15, 0.2) is 28.3 Å². The minimum Gasteiger partial charge on any atom is -0.378 e. The molecule has 1 unspecified atom stereocenters. The van der Waals surface area contributed by atoms with Crippen LogP contribution in [0.4, 0.5) is 11.4 Å². The van der Waals surface area contributed by atoms with Crippen molar-refractivity contribution in [1.82, 2.24) is 5.43 Å². The lowest BCUT2D eigenvalue weighted by atomic mass is 9.93. The second kappa shape index (κ2) is 7.40. The number of nitrogens with zero attached hydrogens (tertiary/aromatic N) is 3. The number of benzene rings is 1. The van der Waals surface area contributed by atoms with E-state index < -0.39 is 4.92 Å². The summed E-state index contributed by atoms with van der Waals surface area (Å²) in [4.78, 5) is 26.0. The normalized spacial score (nSPS) is 16.8. The van der Waals surface area contributed by atoms with Crippen molar-refractivity contribution in [3.05, 3.63) is 33.9 Å². The van der Waals surface area contributed by atoms with Gasteiger partial charge in [-0.05, 0) is 6.07 Å². The quantitative estimate of drug-likeness (QED) is 0.190. The molecule has 0 saturated heterocycles. The summed E-state index contributed by atoms with van der Waals surface area (Å²) >= 11 is 0. The number of aliphatic imine (C=N–C) groups is 1. The number of carbonyl (C=O) groups is 1. The predicted octanol–water partition coefficient (Wildman–Crippen LogP) is 0.140. The maximum absolute atomic E-state index is 11.3. The van der Waals surface area contributed by atoms with Crippen LogP contribution in [0.5, 0.6) is 0 Å². The lowest BCUT2D eigenvalue weighted by Crippen LogP contribution is -2.32. The maximum Gasteiger partial charge on any atom is 0.292 e. The molecule has 0 bridgehead atoms. The van der Waals surface area contributed by atoms with Crippen molar-refractivity contribution in [2.45, 2.75) is 13.3 Å². The molecule has 0 radical (unpaired) electrons. The van der Waals surface area contributed by atoms with Crippen molar-refractivity contribution in [3.8, 4) is 0 Å². The third-order valence-electron chi connectivity index (χ3n) is 3.47. The van der Waals surface area contributed by atoms with Gasteiger partial charge in [0.1, 0.15) is 5.69 Å². The van der Waals surface area contributed by atoms with Gasteiger partial charge in [-0.3, -0.25) is 19.9 Å². The van der Waals surface area contributed by atoms with Gasteiger partial charge in [-0.2, -0.15) is 5.10 Å². The molecule has 0 fully saturated rings. The fraction of sp³-hybridized carbons (Fsp3) is 0.357. The Morgan fingerprint density at radius 1 is 1.54 bits per heavy atom. The van der Waals surface area contributed by atoms with Crippen LogP contribution in [0.1, 0.15) is 18.9 Å². The van der Waals surface area contributed by atoms with Crippen LogP contribution >= 0.6 is 0 Å². The summed E-state index contributed by atoms with van der Waals surface area (Å²) in [6, 6.07) is 4.77. The molecule has 1 atom stereocenters. The fourth-order valence-electron chi connectivity index (χ4n) is 2.37. The number of hydrogen-bond donors (Lipinski definition) is 4.